The van der Waals surface area contributed by atoms with E-state index in [0.29, 0.717) is 0 Å². The van der Waals surface area contributed by atoms with Gasteiger partial charge < -0.3 is 9.32 Å². The maximum atomic E-state index is 6.55. The Labute approximate surface area is 356 Å². The summed E-state index contributed by atoms with van der Waals surface area (Å²) >= 11 is 0. The molecule has 12 rings (SSSR count). The van der Waals surface area contributed by atoms with Gasteiger partial charge in [-0.05, 0) is 105 Å². The van der Waals surface area contributed by atoms with Crippen molar-refractivity contribution in [1.29, 1.82) is 0 Å². The molecule has 1 heterocycles. The molecule has 0 fully saturated rings. The van der Waals surface area contributed by atoms with Crippen molar-refractivity contribution in [3.05, 3.63) is 246 Å². The van der Waals surface area contributed by atoms with Crippen molar-refractivity contribution >= 4 is 49.7 Å². The molecule has 9 aromatic rings. The van der Waals surface area contributed by atoms with Gasteiger partial charge in [0.2, 0.25) is 0 Å². The molecule has 0 radical (unpaired) electrons. The van der Waals surface area contributed by atoms with Gasteiger partial charge in [0.25, 0.3) is 0 Å². The summed E-state index contributed by atoms with van der Waals surface area (Å²) in [6.07, 6.45) is 16.7. The van der Waals surface area contributed by atoms with Gasteiger partial charge in [-0.2, -0.15) is 0 Å². The Morgan fingerprint density at radius 3 is 2.11 bits per heavy atom. The molecule has 2 atom stereocenters. The van der Waals surface area contributed by atoms with E-state index in [4.69, 9.17) is 4.42 Å². The number of hydrogen-bond acceptors (Lipinski definition) is 2. The monoisotopic (exact) mass is 781 g/mol. The molecule has 0 N–H and O–H groups in total. The topological polar surface area (TPSA) is 16.4 Å². The highest BCUT2D eigenvalue weighted by Crippen LogP contribution is 2.59. The van der Waals surface area contributed by atoms with Gasteiger partial charge in [0, 0.05) is 33.3 Å². The molecule has 2 nitrogen and oxygen atoms in total. The van der Waals surface area contributed by atoms with Crippen LogP contribution in [0.5, 0.6) is 0 Å². The average Bonchev–Trinajstić information content (AvgIpc) is 3.86. The van der Waals surface area contributed by atoms with Crippen LogP contribution in [0.4, 0.5) is 11.4 Å². The zero-order chi connectivity index (χ0) is 40.3. The third-order valence-corrected chi connectivity index (χ3v) is 13.5. The van der Waals surface area contributed by atoms with E-state index in [2.05, 4.69) is 223 Å². The number of allylic oxidation sites excluding steroid dienone is 8. The molecule has 0 bridgehead atoms. The van der Waals surface area contributed by atoms with Gasteiger partial charge in [-0.1, -0.05) is 188 Å². The predicted octanol–water partition coefficient (Wildman–Crippen LogP) is 15.8. The van der Waals surface area contributed by atoms with Gasteiger partial charge in [0.05, 0.1) is 11.1 Å². The quantitative estimate of drug-likeness (QED) is 0.160. The third-order valence-electron chi connectivity index (χ3n) is 13.5. The van der Waals surface area contributed by atoms with Crippen molar-refractivity contribution in [2.45, 2.75) is 24.7 Å². The Morgan fingerprint density at radius 1 is 0.541 bits per heavy atom. The van der Waals surface area contributed by atoms with Crippen molar-refractivity contribution in [2.24, 2.45) is 5.92 Å². The fourth-order valence-electron chi connectivity index (χ4n) is 10.8. The summed E-state index contributed by atoms with van der Waals surface area (Å²) < 4.78 is 6.55. The number of anilines is 2. The second kappa shape index (κ2) is 14.4. The van der Waals surface area contributed by atoms with E-state index in [-0.39, 0.29) is 11.3 Å². The lowest BCUT2D eigenvalue weighted by molar-refractivity contribution is 0.457. The second-order valence-corrected chi connectivity index (χ2v) is 16.6. The highest BCUT2D eigenvalue weighted by atomic mass is 16.3. The summed E-state index contributed by atoms with van der Waals surface area (Å²) in [5, 5.41) is 4.80. The lowest BCUT2D eigenvalue weighted by atomic mass is 9.62. The van der Waals surface area contributed by atoms with Gasteiger partial charge in [0.15, 0.2) is 0 Å². The second-order valence-electron chi connectivity index (χ2n) is 16.6. The minimum atomic E-state index is -0.374. The largest absolute Gasteiger partial charge is 0.455 e. The number of furan rings is 1. The summed E-state index contributed by atoms with van der Waals surface area (Å²) in [7, 11) is 0. The van der Waals surface area contributed by atoms with Crippen LogP contribution in [0, 0.1) is 5.92 Å². The first-order valence-corrected chi connectivity index (χ1v) is 21.6. The van der Waals surface area contributed by atoms with Gasteiger partial charge in [-0.15, -0.1) is 0 Å². The van der Waals surface area contributed by atoms with Crippen molar-refractivity contribution in [3.8, 4) is 22.3 Å². The lowest BCUT2D eigenvalue weighted by Gasteiger charge is -2.40. The minimum Gasteiger partial charge on any atom is -0.455 e. The molecule has 1 aromatic heterocycles. The number of rotatable bonds is 7. The van der Waals surface area contributed by atoms with Crippen molar-refractivity contribution in [1.82, 2.24) is 0 Å². The maximum Gasteiger partial charge on any atom is 0.142 e. The molecule has 0 saturated heterocycles. The summed E-state index contributed by atoms with van der Waals surface area (Å²) in [5.41, 5.74) is 16.7. The molecule has 3 aliphatic carbocycles. The van der Waals surface area contributed by atoms with Crippen LogP contribution in [0.15, 0.2) is 229 Å². The van der Waals surface area contributed by atoms with E-state index in [9.17, 15) is 0 Å². The number of hydrogen-bond donors (Lipinski definition) is 0. The van der Waals surface area contributed by atoms with Crippen molar-refractivity contribution < 1.29 is 4.42 Å². The molecule has 0 aliphatic heterocycles. The Morgan fingerprint density at radius 2 is 1.28 bits per heavy atom. The molecule has 290 valence electrons. The first-order valence-electron chi connectivity index (χ1n) is 21.6. The van der Waals surface area contributed by atoms with E-state index >= 15 is 0 Å². The van der Waals surface area contributed by atoms with Crippen LogP contribution in [-0.2, 0) is 5.41 Å². The first-order chi connectivity index (χ1) is 30.3. The molecule has 2 unspecified atom stereocenters. The van der Waals surface area contributed by atoms with E-state index in [0.717, 1.165) is 41.5 Å². The SMILES string of the molecule is C1=CCC(C2(c3ccccc3)c3ccccc3-c3ccc(N(C4=CC=C(c5cccc6c5oc5ccccc56)CC4)c4ccc5ccccc5c4-c4ccccc4)cc32)C=C1. The zero-order valence-electron chi connectivity index (χ0n) is 33.8. The van der Waals surface area contributed by atoms with Crippen LogP contribution >= 0.6 is 0 Å². The fraction of sp³-hybridized carbons (Fsp3) is 0.0847. The molecule has 8 aromatic carbocycles. The molecule has 3 aliphatic rings. The summed E-state index contributed by atoms with van der Waals surface area (Å²) in [4.78, 5) is 2.57. The van der Waals surface area contributed by atoms with Gasteiger partial charge in [0.1, 0.15) is 11.2 Å². The van der Waals surface area contributed by atoms with Gasteiger partial charge in [-0.3, -0.25) is 0 Å². The summed E-state index contributed by atoms with van der Waals surface area (Å²) in [6.45, 7) is 0. The zero-order valence-corrected chi connectivity index (χ0v) is 33.8. The highest BCUT2D eigenvalue weighted by Gasteiger charge is 2.49. The van der Waals surface area contributed by atoms with E-state index in [1.54, 1.807) is 0 Å². The van der Waals surface area contributed by atoms with Crippen LogP contribution in [-0.4, -0.2) is 0 Å². The molecule has 2 heteroatoms. The molecule has 0 spiro atoms. The van der Waals surface area contributed by atoms with E-state index in [1.165, 1.54) is 77.6 Å². The number of fused-ring (bicyclic) bond motifs is 7. The van der Waals surface area contributed by atoms with Crippen LogP contribution < -0.4 is 4.90 Å². The lowest BCUT2D eigenvalue weighted by Crippen LogP contribution is -2.35. The Balaban J connectivity index is 1.10. The van der Waals surface area contributed by atoms with Crippen LogP contribution in [0.25, 0.3) is 60.5 Å². The normalized spacial score (nSPS) is 17.9. The Bertz CT molecular complexity index is 3290. The molecular formula is C59H43NO. The minimum absolute atomic E-state index is 0.242. The average molecular weight is 782 g/mol. The maximum absolute atomic E-state index is 6.55. The van der Waals surface area contributed by atoms with Gasteiger partial charge >= 0.3 is 0 Å². The van der Waals surface area contributed by atoms with Crippen molar-refractivity contribution in [2.75, 3.05) is 4.90 Å². The molecule has 61 heavy (non-hydrogen) atoms. The molecule has 0 amide bonds. The van der Waals surface area contributed by atoms with Crippen LogP contribution in [0.2, 0.25) is 0 Å². The highest BCUT2D eigenvalue weighted by molar-refractivity contribution is 6.08. The number of nitrogens with zero attached hydrogens (tertiary/aromatic N) is 1. The third kappa shape index (κ3) is 5.56. The summed E-state index contributed by atoms with van der Waals surface area (Å²) in [6, 6.07) is 67.0. The smallest absolute Gasteiger partial charge is 0.142 e. The summed E-state index contributed by atoms with van der Waals surface area (Å²) in [5.74, 6) is 0.242. The molecular weight excluding hydrogens is 739 g/mol. The van der Waals surface area contributed by atoms with Crippen LogP contribution in [0.1, 0.15) is 41.5 Å². The Hall–Kier alpha value is -7.42. The number of para-hydroxylation sites is 2. The van der Waals surface area contributed by atoms with E-state index < -0.39 is 0 Å². The first kappa shape index (κ1) is 35.5. The molecule has 0 saturated carbocycles. The standard InChI is InChI=1S/C59H43NO/c1-4-18-42(19-5-1)57-47-24-11-10-17-40(47)33-38-55(57)60(45-34-31-41(32-35-45)48-27-16-28-52-51-26-13-15-30-56(51)61-58(48)52)46-36-37-50-49-25-12-14-29-53(49)59(54(50)39-46,43-20-6-2-7-21-43)44-22-8-3-9-23-44/h1-22,24-31,33-34,36-39,44H,23,32,35H2. The fourth-order valence-corrected chi connectivity index (χ4v) is 10.8. The van der Waals surface area contributed by atoms with Gasteiger partial charge in [-0.25, -0.2) is 0 Å². The predicted molar refractivity (Wildman–Crippen MR) is 255 cm³/mol. The van der Waals surface area contributed by atoms with Crippen LogP contribution in [0.3, 0.4) is 0 Å². The van der Waals surface area contributed by atoms with Crippen molar-refractivity contribution in [3.63, 3.8) is 0 Å². The Kier molecular flexibility index (Phi) is 8.38. The van der Waals surface area contributed by atoms with E-state index in [1.807, 2.05) is 0 Å². The number of benzene rings is 8.